The third-order valence-corrected chi connectivity index (χ3v) is 8.01. The van der Waals surface area contributed by atoms with Crippen molar-refractivity contribution in [2.45, 2.75) is 61.8 Å². The van der Waals surface area contributed by atoms with E-state index in [1.807, 2.05) is 13.8 Å². The molecule has 1 rings (SSSR count). The molecule has 1 aromatic heterocycles. The highest BCUT2D eigenvalue weighted by Gasteiger charge is 2.41. The van der Waals surface area contributed by atoms with Crippen LogP contribution in [-0.2, 0) is 10.0 Å². The van der Waals surface area contributed by atoms with Gasteiger partial charge in [-0.3, -0.25) is 0 Å². The summed E-state index contributed by atoms with van der Waals surface area (Å²) in [7, 11) is -3.70. The molecule has 0 spiro atoms. The van der Waals surface area contributed by atoms with Crippen LogP contribution in [0, 0.1) is 5.92 Å². The zero-order valence-electron chi connectivity index (χ0n) is 14.9. The van der Waals surface area contributed by atoms with Gasteiger partial charge >= 0.3 is 0 Å². The Labute approximate surface area is 164 Å². The second kappa shape index (κ2) is 10.0. The average molecular weight is 450 g/mol. The Kier molecular flexibility index (Phi) is 9.04. The first kappa shape index (κ1) is 22.6. The van der Waals surface area contributed by atoms with Crippen LogP contribution in [0.4, 0.5) is 0 Å². The predicted molar refractivity (Wildman–Crippen MR) is 109 cm³/mol. The topological polar surface area (TPSA) is 66.4 Å². The Bertz CT molecular complexity index is 658. The smallest absolute Gasteiger partial charge is 0.250 e. The maximum Gasteiger partial charge on any atom is 0.250 e. The van der Waals surface area contributed by atoms with Gasteiger partial charge in [-0.25, -0.2) is 13.1 Å². The maximum atomic E-state index is 12.8. The molecule has 1 heterocycles. The molecule has 0 aliphatic rings. The second-order valence-corrected chi connectivity index (χ2v) is 10.7. The zero-order chi connectivity index (χ0) is 19.1. The van der Waals surface area contributed by atoms with E-state index in [2.05, 4.69) is 33.8 Å². The van der Waals surface area contributed by atoms with Crippen LogP contribution in [0.25, 0.3) is 0 Å². The third kappa shape index (κ3) is 6.32. The van der Waals surface area contributed by atoms with Crippen LogP contribution in [0.3, 0.4) is 0 Å². The molecule has 2 atom stereocenters. The average Bonchev–Trinajstić information content (AvgIpc) is 3.02. The first-order valence-electron chi connectivity index (χ1n) is 8.42. The van der Waals surface area contributed by atoms with E-state index in [9.17, 15) is 13.5 Å². The van der Waals surface area contributed by atoms with Crippen molar-refractivity contribution in [3.8, 4) is 0 Å². The van der Waals surface area contributed by atoms with Crippen LogP contribution in [0.5, 0.6) is 0 Å². The largest absolute Gasteiger partial charge is 0.388 e. The van der Waals surface area contributed by atoms with Crippen molar-refractivity contribution >= 4 is 37.3 Å². The molecule has 0 aliphatic heterocycles. The Balaban J connectivity index is 3.19. The van der Waals surface area contributed by atoms with Gasteiger partial charge in [-0.05, 0) is 59.7 Å². The van der Waals surface area contributed by atoms with Crippen molar-refractivity contribution < 1.29 is 13.5 Å². The van der Waals surface area contributed by atoms with Crippen LogP contribution in [0.1, 0.15) is 46.0 Å². The lowest BCUT2D eigenvalue weighted by Crippen LogP contribution is -2.55. The van der Waals surface area contributed by atoms with Crippen LogP contribution in [-0.4, -0.2) is 25.2 Å². The molecule has 0 saturated heterocycles. The van der Waals surface area contributed by atoms with Gasteiger partial charge < -0.3 is 5.11 Å². The summed E-state index contributed by atoms with van der Waals surface area (Å²) < 4.78 is 29.4. The van der Waals surface area contributed by atoms with E-state index in [1.165, 1.54) is 0 Å². The number of aliphatic hydroxyl groups is 1. The van der Waals surface area contributed by atoms with Gasteiger partial charge in [0.15, 0.2) is 0 Å². The first-order chi connectivity index (χ1) is 11.7. The summed E-state index contributed by atoms with van der Waals surface area (Å²) in [5.74, 6) is -0.0159. The molecular formula is C18H28BrNO3S2. The fourth-order valence-corrected chi connectivity index (χ4v) is 6.24. The second-order valence-electron chi connectivity index (χ2n) is 6.30. The third-order valence-electron chi connectivity index (χ3n) is 4.45. The Morgan fingerprint density at radius 3 is 2.28 bits per heavy atom. The van der Waals surface area contributed by atoms with Gasteiger partial charge in [-0.1, -0.05) is 32.4 Å². The molecular weight excluding hydrogens is 422 g/mol. The predicted octanol–water partition coefficient (Wildman–Crippen LogP) is 4.87. The van der Waals surface area contributed by atoms with Crippen LogP contribution < -0.4 is 4.72 Å². The van der Waals surface area contributed by atoms with Gasteiger partial charge in [-0.15, -0.1) is 24.5 Å². The lowest BCUT2D eigenvalue weighted by Gasteiger charge is -2.39. The minimum Gasteiger partial charge on any atom is -0.388 e. The normalized spacial score (nSPS) is 14.9. The Morgan fingerprint density at radius 2 is 1.88 bits per heavy atom. The fourth-order valence-electron chi connectivity index (χ4n) is 2.80. The molecule has 0 fully saturated rings. The Hall–Kier alpha value is -0.470. The van der Waals surface area contributed by atoms with Crippen molar-refractivity contribution in [2.24, 2.45) is 5.92 Å². The van der Waals surface area contributed by atoms with Gasteiger partial charge in [-0.2, -0.15) is 0 Å². The van der Waals surface area contributed by atoms with Crippen LogP contribution in [0.2, 0.25) is 0 Å². The SMILES string of the molecule is C=CCCC(O)(CCC=C)C(NS(=O)(=O)c1ccc(Br)s1)C(C)CC. The summed E-state index contributed by atoms with van der Waals surface area (Å²) in [6.07, 6.45) is 6.40. The number of thiophene rings is 1. The molecule has 0 bridgehead atoms. The molecule has 0 aromatic carbocycles. The van der Waals surface area contributed by atoms with Crippen molar-refractivity contribution in [1.82, 2.24) is 4.72 Å². The summed E-state index contributed by atoms with van der Waals surface area (Å²) >= 11 is 4.45. The minimum absolute atomic E-state index is 0.0159. The highest BCUT2D eigenvalue weighted by molar-refractivity contribution is 9.11. The molecule has 0 saturated carbocycles. The van der Waals surface area contributed by atoms with E-state index in [4.69, 9.17) is 0 Å². The molecule has 7 heteroatoms. The monoisotopic (exact) mass is 449 g/mol. The lowest BCUT2D eigenvalue weighted by atomic mass is 9.78. The number of halogens is 1. The number of hydrogen-bond acceptors (Lipinski definition) is 4. The van der Waals surface area contributed by atoms with Gasteiger partial charge in [0.2, 0.25) is 10.0 Å². The molecule has 0 radical (unpaired) electrons. The summed E-state index contributed by atoms with van der Waals surface area (Å²) in [6, 6.07) is 2.69. The van der Waals surface area contributed by atoms with E-state index in [-0.39, 0.29) is 10.1 Å². The summed E-state index contributed by atoms with van der Waals surface area (Å²) in [6.45, 7) is 11.4. The van der Waals surface area contributed by atoms with Crippen LogP contribution in [0.15, 0.2) is 45.4 Å². The highest BCUT2D eigenvalue weighted by Crippen LogP contribution is 2.32. The number of hydrogen-bond donors (Lipinski definition) is 2. The van der Waals surface area contributed by atoms with Crippen molar-refractivity contribution in [1.29, 1.82) is 0 Å². The van der Waals surface area contributed by atoms with Gasteiger partial charge in [0, 0.05) is 0 Å². The van der Waals surface area contributed by atoms with E-state index in [0.717, 1.165) is 21.5 Å². The van der Waals surface area contributed by atoms with Gasteiger partial charge in [0.25, 0.3) is 0 Å². The van der Waals surface area contributed by atoms with E-state index < -0.39 is 21.7 Å². The number of nitrogens with one attached hydrogen (secondary N) is 1. The number of rotatable bonds is 12. The first-order valence-corrected chi connectivity index (χ1v) is 11.5. The summed E-state index contributed by atoms with van der Waals surface area (Å²) in [5.41, 5.74) is -1.15. The zero-order valence-corrected chi connectivity index (χ0v) is 18.1. The van der Waals surface area contributed by atoms with Crippen molar-refractivity contribution in [3.05, 3.63) is 41.2 Å². The summed E-state index contributed by atoms with van der Waals surface area (Å²) in [5, 5.41) is 11.3. The van der Waals surface area contributed by atoms with Gasteiger partial charge in [0.05, 0.1) is 15.4 Å². The van der Waals surface area contributed by atoms with E-state index in [1.54, 1.807) is 24.3 Å². The van der Waals surface area contributed by atoms with E-state index >= 15 is 0 Å². The maximum absolute atomic E-state index is 12.8. The molecule has 0 aliphatic carbocycles. The quantitative estimate of drug-likeness (QED) is 0.447. The molecule has 2 N–H and O–H groups in total. The Morgan fingerprint density at radius 1 is 1.32 bits per heavy atom. The number of allylic oxidation sites excluding steroid dienone is 2. The number of sulfonamides is 1. The van der Waals surface area contributed by atoms with Gasteiger partial charge in [0.1, 0.15) is 4.21 Å². The standard InChI is InChI=1S/C18H28BrNO3S2/c1-5-8-12-18(21,13-9-6-2)17(14(4)7-3)20-25(22,23)16-11-10-15(19)24-16/h5-6,10-11,14,17,20-21H,1-2,7-9,12-13H2,3-4H3. The minimum atomic E-state index is -3.70. The molecule has 0 amide bonds. The van der Waals surface area contributed by atoms with Crippen molar-refractivity contribution in [2.75, 3.05) is 0 Å². The fraction of sp³-hybridized carbons (Fsp3) is 0.556. The molecule has 25 heavy (non-hydrogen) atoms. The molecule has 2 unspecified atom stereocenters. The lowest BCUT2D eigenvalue weighted by molar-refractivity contribution is -0.0225. The molecule has 4 nitrogen and oxygen atoms in total. The van der Waals surface area contributed by atoms with Crippen molar-refractivity contribution in [3.63, 3.8) is 0 Å². The van der Waals surface area contributed by atoms with Crippen LogP contribution >= 0.6 is 27.3 Å². The molecule has 142 valence electrons. The molecule has 1 aromatic rings. The highest BCUT2D eigenvalue weighted by atomic mass is 79.9. The van der Waals surface area contributed by atoms with E-state index in [0.29, 0.717) is 25.7 Å². The summed E-state index contributed by atoms with van der Waals surface area (Å²) in [4.78, 5) is 0.